The highest BCUT2D eigenvalue weighted by atomic mass is 79.9. The highest BCUT2D eigenvalue weighted by molar-refractivity contribution is 9.10. The molecule has 0 atom stereocenters. The third kappa shape index (κ3) is 2.21. The van der Waals surface area contributed by atoms with Gasteiger partial charge in [-0.3, -0.25) is 0 Å². The van der Waals surface area contributed by atoms with Crippen LogP contribution in [0.25, 0.3) is 0 Å². The molecule has 0 bridgehead atoms. The van der Waals surface area contributed by atoms with E-state index in [1.807, 2.05) is 25.2 Å². The molecule has 0 N–H and O–H groups in total. The Balaban J connectivity index is 2.88. The monoisotopic (exact) mass is 228 g/mol. The summed E-state index contributed by atoms with van der Waals surface area (Å²) in [7, 11) is 2.04. The van der Waals surface area contributed by atoms with Crippen LogP contribution < -0.4 is 4.90 Å². The molecule has 0 aliphatic heterocycles. The van der Waals surface area contributed by atoms with E-state index in [4.69, 9.17) is 0 Å². The van der Waals surface area contributed by atoms with Gasteiger partial charge in [-0.15, -0.1) is 0 Å². The van der Waals surface area contributed by atoms with E-state index in [0.29, 0.717) is 6.04 Å². The normalized spacial score (nSPS) is 10.4. The zero-order chi connectivity index (χ0) is 9.14. The van der Waals surface area contributed by atoms with Crippen LogP contribution in [0.5, 0.6) is 0 Å². The minimum absolute atomic E-state index is 0.479. The number of hydrogen-bond donors (Lipinski definition) is 0. The number of rotatable bonds is 2. The highest BCUT2D eigenvalue weighted by Crippen LogP contribution is 2.14. The van der Waals surface area contributed by atoms with Crippen LogP contribution >= 0.6 is 15.9 Å². The summed E-state index contributed by atoms with van der Waals surface area (Å²) >= 11 is 3.34. The zero-order valence-corrected chi connectivity index (χ0v) is 9.17. The Morgan fingerprint density at radius 3 is 2.58 bits per heavy atom. The number of anilines is 1. The van der Waals surface area contributed by atoms with Crippen molar-refractivity contribution in [2.75, 3.05) is 11.9 Å². The summed E-state index contributed by atoms with van der Waals surface area (Å²) < 4.78 is 0.882. The molecule has 0 radical (unpaired) electrons. The van der Waals surface area contributed by atoms with Crippen LogP contribution in [0, 0.1) is 0 Å². The van der Waals surface area contributed by atoms with Crippen molar-refractivity contribution in [2.24, 2.45) is 0 Å². The molecule has 0 aromatic carbocycles. The van der Waals surface area contributed by atoms with Crippen LogP contribution in [-0.4, -0.2) is 18.1 Å². The fraction of sp³-hybridized carbons (Fsp3) is 0.444. The van der Waals surface area contributed by atoms with E-state index in [-0.39, 0.29) is 0 Å². The number of hydrogen-bond acceptors (Lipinski definition) is 2. The summed E-state index contributed by atoms with van der Waals surface area (Å²) in [5.41, 5.74) is 0. The van der Waals surface area contributed by atoms with E-state index in [9.17, 15) is 0 Å². The molecule has 1 heterocycles. The third-order valence-electron chi connectivity index (χ3n) is 1.84. The van der Waals surface area contributed by atoms with Gasteiger partial charge in [0.15, 0.2) is 0 Å². The highest BCUT2D eigenvalue weighted by Gasteiger charge is 2.05. The number of halogens is 1. The van der Waals surface area contributed by atoms with Gasteiger partial charge in [0.1, 0.15) is 10.4 Å². The van der Waals surface area contributed by atoms with Crippen molar-refractivity contribution in [2.45, 2.75) is 19.9 Å². The van der Waals surface area contributed by atoms with Gasteiger partial charge in [-0.25, -0.2) is 4.98 Å². The van der Waals surface area contributed by atoms with Crippen molar-refractivity contribution in [3.05, 3.63) is 22.8 Å². The summed E-state index contributed by atoms with van der Waals surface area (Å²) in [4.78, 5) is 6.47. The number of aromatic nitrogens is 1. The van der Waals surface area contributed by atoms with Crippen LogP contribution in [-0.2, 0) is 0 Å². The Morgan fingerprint density at radius 2 is 2.08 bits per heavy atom. The SMILES string of the molecule is CC(C)N(C)c1cccc(Br)n1. The molecule has 0 saturated carbocycles. The zero-order valence-electron chi connectivity index (χ0n) is 7.58. The van der Waals surface area contributed by atoms with E-state index < -0.39 is 0 Å². The minimum atomic E-state index is 0.479. The third-order valence-corrected chi connectivity index (χ3v) is 2.28. The van der Waals surface area contributed by atoms with Crippen molar-refractivity contribution in [3.63, 3.8) is 0 Å². The largest absolute Gasteiger partial charge is 0.357 e. The Hall–Kier alpha value is -0.570. The topological polar surface area (TPSA) is 16.1 Å². The van der Waals surface area contributed by atoms with Crippen LogP contribution in [0.15, 0.2) is 22.8 Å². The second-order valence-corrected chi connectivity index (χ2v) is 3.84. The second kappa shape index (κ2) is 3.90. The van der Waals surface area contributed by atoms with E-state index in [1.54, 1.807) is 0 Å². The lowest BCUT2D eigenvalue weighted by atomic mass is 10.3. The van der Waals surface area contributed by atoms with Crippen LogP contribution in [0.1, 0.15) is 13.8 Å². The summed E-state index contributed by atoms with van der Waals surface area (Å²) in [6, 6.07) is 6.40. The first-order chi connectivity index (χ1) is 5.61. The van der Waals surface area contributed by atoms with Gasteiger partial charge in [0.05, 0.1) is 0 Å². The van der Waals surface area contributed by atoms with Crippen molar-refractivity contribution in [3.8, 4) is 0 Å². The summed E-state index contributed by atoms with van der Waals surface area (Å²) in [5.74, 6) is 0.999. The lowest BCUT2D eigenvalue weighted by molar-refractivity contribution is 0.742. The molecular formula is C9H13BrN2. The molecule has 0 amide bonds. The molecule has 2 nitrogen and oxygen atoms in total. The second-order valence-electron chi connectivity index (χ2n) is 3.02. The van der Waals surface area contributed by atoms with Crippen molar-refractivity contribution in [1.29, 1.82) is 0 Å². The predicted octanol–water partition coefficient (Wildman–Crippen LogP) is 2.69. The predicted molar refractivity (Wildman–Crippen MR) is 55.5 cm³/mol. The fourth-order valence-electron chi connectivity index (χ4n) is 0.859. The Morgan fingerprint density at radius 1 is 1.42 bits per heavy atom. The average Bonchev–Trinajstić information content (AvgIpc) is 2.03. The lowest BCUT2D eigenvalue weighted by Gasteiger charge is -2.22. The van der Waals surface area contributed by atoms with Crippen molar-refractivity contribution in [1.82, 2.24) is 4.98 Å². The van der Waals surface area contributed by atoms with Gasteiger partial charge in [0.2, 0.25) is 0 Å². The maximum atomic E-state index is 4.34. The lowest BCUT2D eigenvalue weighted by Crippen LogP contribution is -2.26. The summed E-state index contributed by atoms with van der Waals surface area (Å²) in [5, 5.41) is 0. The fourth-order valence-corrected chi connectivity index (χ4v) is 1.19. The van der Waals surface area contributed by atoms with Gasteiger partial charge in [-0.1, -0.05) is 6.07 Å². The molecule has 0 saturated heterocycles. The smallest absolute Gasteiger partial charge is 0.129 e. The van der Waals surface area contributed by atoms with Gasteiger partial charge in [0.25, 0.3) is 0 Å². The molecule has 66 valence electrons. The molecule has 1 aromatic heterocycles. The first-order valence-corrected chi connectivity index (χ1v) is 4.76. The molecule has 0 aliphatic carbocycles. The maximum Gasteiger partial charge on any atom is 0.129 e. The van der Waals surface area contributed by atoms with Crippen molar-refractivity contribution < 1.29 is 0 Å². The Labute approximate surface area is 81.7 Å². The molecule has 3 heteroatoms. The average molecular weight is 229 g/mol. The molecule has 1 aromatic rings. The molecule has 1 rings (SSSR count). The van der Waals surface area contributed by atoms with Gasteiger partial charge >= 0.3 is 0 Å². The van der Waals surface area contributed by atoms with Crippen LogP contribution in [0.4, 0.5) is 5.82 Å². The van der Waals surface area contributed by atoms with Crippen molar-refractivity contribution >= 4 is 21.7 Å². The van der Waals surface area contributed by atoms with Gasteiger partial charge in [-0.2, -0.15) is 0 Å². The molecule has 0 aliphatic rings. The van der Waals surface area contributed by atoms with Gasteiger partial charge in [-0.05, 0) is 41.9 Å². The van der Waals surface area contributed by atoms with E-state index in [1.165, 1.54) is 0 Å². The summed E-state index contributed by atoms with van der Waals surface area (Å²) in [6.07, 6.45) is 0. The standard InChI is InChI=1S/C9H13BrN2/c1-7(2)12(3)9-6-4-5-8(10)11-9/h4-7H,1-3H3. The minimum Gasteiger partial charge on any atom is -0.357 e. The first-order valence-electron chi connectivity index (χ1n) is 3.96. The quantitative estimate of drug-likeness (QED) is 0.725. The Kier molecular flexibility index (Phi) is 3.09. The molecule has 0 unspecified atom stereocenters. The molecular weight excluding hydrogens is 216 g/mol. The number of pyridine rings is 1. The Bertz CT molecular complexity index is 260. The molecule has 12 heavy (non-hydrogen) atoms. The van der Waals surface area contributed by atoms with E-state index in [2.05, 4.69) is 39.7 Å². The molecule has 0 spiro atoms. The maximum absolute atomic E-state index is 4.34. The first kappa shape index (κ1) is 9.52. The van der Waals surface area contributed by atoms with Gasteiger partial charge in [0, 0.05) is 13.1 Å². The van der Waals surface area contributed by atoms with E-state index in [0.717, 1.165) is 10.4 Å². The summed E-state index contributed by atoms with van der Waals surface area (Å²) in [6.45, 7) is 4.28. The number of nitrogens with zero attached hydrogens (tertiary/aromatic N) is 2. The van der Waals surface area contributed by atoms with Crippen LogP contribution in [0.2, 0.25) is 0 Å². The molecule has 0 fully saturated rings. The van der Waals surface area contributed by atoms with Gasteiger partial charge < -0.3 is 4.90 Å². The van der Waals surface area contributed by atoms with Crippen LogP contribution in [0.3, 0.4) is 0 Å². The van der Waals surface area contributed by atoms with E-state index >= 15 is 0 Å².